The zero-order valence-corrected chi connectivity index (χ0v) is 13.2. The number of hydrogen-bond acceptors (Lipinski definition) is 2. The molecule has 0 saturated heterocycles. The van der Waals surface area contributed by atoms with Crippen LogP contribution in [-0.2, 0) is 0 Å². The fraction of sp³-hybridized carbons (Fsp3) is 0.438. The molecule has 0 aliphatic rings. The average Bonchev–Trinajstić information content (AvgIpc) is 2.73. The minimum absolute atomic E-state index is 0.0132. The van der Waals surface area contributed by atoms with Gasteiger partial charge in [0.05, 0.1) is 4.88 Å². The molecule has 0 aliphatic heterocycles. The van der Waals surface area contributed by atoms with Crippen molar-refractivity contribution in [2.45, 2.75) is 27.7 Å². The third kappa shape index (κ3) is 2.70. The molecule has 1 aromatic carbocycles. The van der Waals surface area contributed by atoms with Gasteiger partial charge in [0.1, 0.15) is 5.82 Å². The maximum atomic E-state index is 13.9. The summed E-state index contributed by atoms with van der Waals surface area (Å²) in [5.41, 5.74) is 0.760. The van der Waals surface area contributed by atoms with Crippen LogP contribution in [0.5, 0.6) is 0 Å². The van der Waals surface area contributed by atoms with Crippen LogP contribution in [0.3, 0.4) is 0 Å². The van der Waals surface area contributed by atoms with Crippen LogP contribution in [0.1, 0.15) is 36.0 Å². The molecule has 4 heteroatoms. The molecule has 0 spiro atoms. The van der Waals surface area contributed by atoms with Gasteiger partial charge in [-0.15, -0.1) is 11.3 Å². The van der Waals surface area contributed by atoms with E-state index in [1.54, 1.807) is 6.07 Å². The van der Waals surface area contributed by atoms with Crippen LogP contribution >= 0.6 is 11.3 Å². The van der Waals surface area contributed by atoms with E-state index in [2.05, 4.69) is 13.8 Å². The van der Waals surface area contributed by atoms with Crippen LogP contribution in [0.15, 0.2) is 18.2 Å². The van der Waals surface area contributed by atoms with E-state index < -0.39 is 0 Å². The van der Waals surface area contributed by atoms with Crippen LogP contribution in [0.25, 0.3) is 10.1 Å². The third-order valence-electron chi connectivity index (χ3n) is 3.35. The van der Waals surface area contributed by atoms with Crippen molar-refractivity contribution in [1.82, 2.24) is 4.90 Å². The molecule has 1 heterocycles. The largest absolute Gasteiger partial charge is 0.338 e. The lowest BCUT2D eigenvalue weighted by molar-refractivity contribution is 0.0750. The van der Waals surface area contributed by atoms with Crippen LogP contribution in [0.2, 0.25) is 0 Å². The maximum absolute atomic E-state index is 13.9. The Morgan fingerprint density at radius 3 is 2.65 bits per heavy atom. The van der Waals surface area contributed by atoms with Gasteiger partial charge in [-0.3, -0.25) is 4.79 Å². The van der Waals surface area contributed by atoms with Gasteiger partial charge in [0.15, 0.2) is 0 Å². The lowest BCUT2D eigenvalue weighted by Crippen LogP contribution is -2.33. The summed E-state index contributed by atoms with van der Waals surface area (Å²) >= 11 is 1.39. The first-order chi connectivity index (χ1) is 9.45. The topological polar surface area (TPSA) is 20.3 Å². The number of thiophene rings is 1. The average molecular weight is 293 g/mol. The van der Waals surface area contributed by atoms with Gasteiger partial charge in [-0.25, -0.2) is 4.39 Å². The molecule has 0 saturated carbocycles. The molecule has 0 fully saturated rings. The van der Waals surface area contributed by atoms with Gasteiger partial charge in [-0.2, -0.15) is 0 Å². The summed E-state index contributed by atoms with van der Waals surface area (Å²) < 4.78 is 14.7. The first-order valence-corrected chi connectivity index (χ1v) is 7.74. The number of carbonyl (C=O) groups is 1. The van der Waals surface area contributed by atoms with E-state index in [1.165, 1.54) is 17.4 Å². The van der Waals surface area contributed by atoms with E-state index in [-0.39, 0.29) is 11.7 Å². The molecule has 1 aromatic heterocycles. The first-order valence-electron chi connectivity index (χ1n) is 6.92. The summed E-state index contributed by atoms with van der Waals surface area (Å²) in [6.45, 7) is 9.39. The first kappa shape index (κ1) is 15.0. The molecule has 0 bridgehead atoms. The molecular weight excluding hydrogens is 273 g/mol. The molecule has 0 aliphatic carbocycles. The van der Waals surface area contributed by atoms with Gasteiger partial charge in [-0.1, -0.05) is 19.9 Å². The smallest absolute Gasteiger partial charge is 0.264 e. The number of benzene rings is 1. The van der Waals surface area contributed by atoms with Crippen LogP contribution < -0.4 is 0 Å². The maximum Gasteiger partial charge on any atom is 0.264 e. The van der Waals surface area contributed by atoms with E-state index in [4.69, 9.17) is 0 Å². The van der Waals surface area contributed by atoms with Gasteiger partial charge in [0.25, 0.3) is 5.91 Å². The van der Waals surface area contributed by atoms with Gasteiger partial charge >= 0.3 is 0 Å². The molecule has 0 radical (unpaired) electrons. The van der Waals surface area contributed by atoms with Crippen molar-refractivity contribution >= 4 is 27.3 Å². The lowest BCUT2D eigenvalue weighted by atomic mass is 10.1. The van der Waals surface area contributed by atoms with Crippen LogP contribution in [0.4, 0.5) is 4.39 Å². The predicted molar refractivity (Wildman–Crippen MR) is 82.9 cm³/mol. The summed E-state index contributed by atoms with van der Waals surface area (Å²) in [4.78, 5) is 15.1. The van der Waals surface area contributed by atoms with Crippen molar-refractivity contribution in [1.29, 1.82) is 0 Å². The van der Waals surface area contributed by atoms with Crippen molar-refractivity contribution in [2.75, 3.05) is 13.1 Å². The summed E-state index contributed by atoms with van der Waals surface area (Å²) in [7, 11) is 0. The van der Waals surface area contributed by atoms with Gasteiger partial charge < -0.3 is 4.90 Å². The Bertz CT molecular complexity index is 633. The van der Waals surface area contributed by atoms with Crippen molar-refractivity contribution < 1.29 is 9.18 Å². The zero-order chi connectivity index (χ0) is 14.9. The molecule has 2 rings (SSSR count). The molecule has 0 atom stereocenters. The number of halogens is 1. The Hall–Kier alpha value is -1.42. The second kappa shape index (κ2) is 5.92. The number of amides is 1. The van der Waals surface area contributed by atoms with Crippen LogP contribution in [-0.4, -0.2) is 23.9 Å². The highest BCUT2D eigenvalue weighted by molar-refractivity contribution is 7.21. The minimum Gasteiger partial charge on any atom is -0.338 e. The van der Waals surface area contributed by atoms with Crippen molar-refractivity contribution in [3.63, 3.8) is 0 Å². The van der Waals surface area contributed by atoms with E-state index in [1.807, 2.05) is 24.8 Å². The second-order valence-corrected chi connectivity index (χ2v) is 6.46. The standard InChI is InChI=1S/C16H20FNOS/c1-5-18(9-10(2)3)16(19)15-11(4)14-12(17)7-6-8-13(14)20-15/h6-8,10H,5,9H2,1-4H3. The normalized spacial score (nSPS) is 11.3. The quantitative estimate of drug-likeness (QED) is 0.814. The van der Waals surface area contributed by atoms with Gasteiger partial charge in [-0.05, 0) is 37.5 Å². The lowest BCUT2D eigenvalue weighted by Gasteiger charge is -2.22. The highest BCUT2D eigenvalue weighted by Gasteiger charge is 2.22. The number of nitrogens with zero attached hydrogens (tertiary/aromatic N) is 1. The summed E-state index contributed by atoms with van der Waals surface area (Å²) in [5.74, 6) is 0.187. The fourth-order valence-corrected chi connectivity index (χ4v) is 3.59. The fourth-order valence-electron chi connectivity index (χ4n) is 2.40. The molecule has 1 amide bonds. The van der Waals surface area contributed by atoms with Crippen molar-refractivity contribution in [3.8, 4) is 0 Å². The number of carbonyl (C=O) groups excluding carboxylic acids is 1. The molecule has 2 nitrogen and oxygen atoms in total. The number of aryl methyl sites for hydroxylation is 1. The van der Waals surface area contributed by atoms with Gasteiger partial charge in [0, 0.05) is 23.2 Å². The highest BCUT2D eigenvalue weighted by atomic mass is 32.1. The summed E-state index contributed by atoms with van der Waals surface area (Å²) in [6, 6.07) is 5.00. The van der Waals surface area contributed by atoms with E-state index in [0.717, 1.165) is 16.8 Å². The number of fused-ring (bicyclic) bond motifs is 1. The monoisotopic (exact) mass is 293 g/mol. The second-order valence-electron chi connectivity index (χ2n) is 5.41. The number of rotatable bonds is 4. The summed E-state index contributed by atoms with van der Waals surface area (Å²) in [5, 5.41) is 0.585. The number of hydrogen-bond donors (Lipinski definition) is 0. The molecule has 0 unspecified atom stereocenters. The zero-order valence-electron chi connectivity index (χ0n) is 12.4. The Morgan fingerprint density at radius 1 is 1.40 bits per heavy atom. The Kier molecular flexibility index (Phi) is 4.43. The SMILES string of the molecule is CCN(CC(C)C)C(=O)c1sc2cccc(F)c2c1C. The van der Waals surface area contributed by atoms with Crippen LogP contribution in [0, 0.1) is 18.7 Å². The molecule has 0 N–H and O–H groups in total. The predicted octanol–water partition coefficient (Wildman–Crippen LogP) is 4.47. The van der Waals surface area contributed by atoms with E-state index in [9.17, 15) is 9.18 Å². The Morgan fingerprint density at radius 2 is 2.10 bits per heavy atom. The molecular formula is C16H20FNOS. The highest BCUT2D eigenvalue weighted by Crippen LogP contribution is 2.33. The van der Waals surface area contributed by atoms with E-state index >= 15 is 0 Å². The molecule has 2 aromatic rings. The third-order valence-corrected chi connectivity index (χ3v) is 4.60. The molecule has 20 heavy (non-hydrogen) atoms. The van der Waals surface area contributed by atoms with Gasteiger partial charge in [0.2, 0.25) is 0 Å². The molecule has 108 valence electrons. The minimum atomic E-state index is -0.248. The Balaban J connectivity index is 2.44. The van der Waals surface area contributed by atoms with E-state index in [0.29, 0.717) is 22.7 Å². The van der Waals surface area contributed by atoms with Crippen molar-refractivity contribution in [3.05, 3.63) is 34.5 Å². The van der Waals surface area contributed by atoms with Crippen molar-refractivity contribution in [2.24, 2.45) is 5.92 Å². The Labute approximate surface area is 123 Å². The summed E-state index contributed by atoms with van der Waals surface area (Å²) in [6.07, 6.45) is 0.